The van der Waals surface area contributed by atoms with Crippen molar-refractivity contribution in [1.29, 1.82) is 0 Å². The van der Waals surface area contributed by atoms with Gasteiger partial charge in [0.15, 0.2) is 15.2 Å². The van der Waals surface area contributed by atoms with E-state index in [-0.39, 0.29) is 5.43 Å². The molecule has 0 bridgehead atoms. The second-order valence-corrected chi connectivity index (χ2v) is 8.74. The van der Waals surface area contributed by atoms with E-state index in [4.69, 9.17) is 0 Å². The minimum Gasteiger partial charge on any atom is -0.606 e. The number of hydrogen-bond acceptors (Lipinski definition) is 3. The summed E-state index contributed by atoms with van der Waals surface area (Å²) in [4.78, 5) is 14.3. The molecule has 0 aliphatic carbocycles. The molecule has 1 aromatic heterocycles. The molecule has 1 atom stereocenters. The second-order valence-electron chi connectivity index (χ2n) is 6.18. The summed E-state index contributed by atoms with van der Waals surface area (Å²) in [6.07, 6.45) is 0. The van der Waals surface area contributed by atoms with Crippen LogP contribution in [0.3, 0.4) is 0 Å². The lowest BCUT2D eigenvalue weighted by Gasteiger charge is -2.12. The first-order valence-electron chi connectivity index (χ1n) is 7.98. The molecule has 0 saturated carbocycles. The fourth-order valence-corrected chi connectivity index (χ4v) is 5.40. The maximum atomic E-state index is 13.0. The van der Waals surface area contributed by atoms with Crippen LogP contribution in [0.5, 0.6) is 0 Å². The normalized spacial score (nSPS) is 12.6. The molecule has 3 aromatic carbocycles. The van der Waals surface area contributed by atoms with Gasteiger partial charge in [0.05, 0.1) is 0 Å². The van der Waals surface area contributed by atoms with Gasteiger partial charge < -0.3 is 4.55 Å². The van der Waals surface area contributed by atoms with Crippen LogP contribution in [0.1, 0.15) is 11.1 Å². The Morgan fingerprint density at radius 2 is 1.48 bits per heavy atom. The lowest BCUT2D eigenvalue weighted by molar-refractivity contribution is 0.595. The number of benzene rings is 3. The van der Waals surface area contributed by atoms with Gasteiger partial charge in [0, 0.05) is 37.4 Å². The third kappa shape index (κ3) is 2.97. The van der Waals surface area contributed by atoms with Gasteiger partial charge in [-0.1, -0.05) is 18.2 Å². The summed E-state index contributed by atoms with van der Waals surface area (Å²) in [5, 5.41) is 1.35. The van der Waals surface area contributed by atoms with Crippen molar-refractivity contribution >= 4 is 42.7 Å². The Balaban J connectivity index is 1.89. The van der Waals surface area contributed by atoms with E-state index in [2.05, 4.69) is 6.07 Å². The monoisotopic (exact) mass is 364 g/mol. The molecule has 0 radical (unpaired) electrons. The summed E-state index contributed by atoms with van der Waals surface area (Å²) in [6, 6.07) is 19.1. The van der Waals surface area contributed by atoms with Crippen molar-refractivity contribution in [2.24, 2.45) is 0 Å². The molecule has 0 aliphatic heterocycles. The molecule has 4 rings (SSSR count). The maximum absolute atomic E-state index is 13.0. The van der Waals surface area contributed by atoms with Gasteiger partial charge in [0.1, 0.15) is 0 Å². The van der Waals surface area contributed by atoms with Gasteiger partial charge in [0.2, 0.25) is 0 Å². The van der Waals surface area contributed by atoms with Crippen molar-refractivity contribution in [3.8, 4) is 0 Å². The van der Waals surface area contributed by atoms with E-state index in [9.17, 15) is 9.35 Å². The van der Waals surface area contributed by atoms with Gasteiger partial charge in [0.25, 0.3) is 0 Å². The molecule has 0 aliphatic rings. The van der Waals surface area contributed by atoms with Crippen molar-refractivity contribution in [2.45, 2.75) is 23.6 Å². The molecule has 0 amide bonds. The standard InChI is InChI=1S/C21H16O2S2/c1-13-9-14(2)11-16(10-13)25(23)15-7-8-20-18(12-15)21(22)17-5-3-4-6-19(17)24-20/h3-12H,1-2H3. The largest absolute Gasteiger partial charge is 0.606 e. The highest BCUT2D eigenvalue weighted by atomic mass is 32.2. The van der Waals surface area contributed by atoms with Crippen LogP contribution in [-0.2, 0) is 11.2 Å². The van der Waals surface area contributed by atoms with Crippen molar-refractivity contribution in [1.82, 2.24) is 0 Å². The zero-order chi connectivity index (χ0) is 17.6. The molecular formula is C21H16O2S2. The Hall–Kier alpha value is -2.14. The third-order valence-electron chi connectivity index (χ3n) is 4.17. The van der Waals surface area contributed by atoms with Crippen molar-refractivity contribution in [3.05, 3.63) is 82.0 Å². The number of hydrogen-bond donors (Lipinski definition) is 0. The molecule has 124 valence electrons. The van der Waals surface area contributed by atoms with E-state index < -0.39 is 11.2 Å². The van der Waals surface area contributed by atoms with Crippen LogP contribution < -0.4 is 5.43 Å². The Kier molecular flexibility index (Phi) is 4.12. The summed E-state index contributed by atoms with van der Waals surface area (Å²) in [6.45, 7) is 4.00. The highest BCUT2D eigenvalue weighted by Gasteiger charge is 2.17. The average molecular weight is 364 g/mol. The van der Waals surface area contributed by atoms with E-state index >= 15 is 0 Å². The second kappa shape index (κ2) is 6.30. The maximum Gasteiger partial charge on any atom is 0.196 e. The van der Waals surface area contributed by atoms with Crippen LogP contribution >= 0.6 is 11.3 Å². The van der Waals surface area contributed by atoms with Gasteiger partial charge in [-0.25, -0.2) is 0 Å². The molecule has 2 nitrogen and oxygen atoms in total. The quantitative estimate of drug-likeness (QED) is 0.362. The molecule has 0 N–H and O–H groups in total. The molecule has 1 unspecified atom stereocenters. The number of rotatable bonds is 2. The van der Waals surface area contributed by atoms with Crippen molar-refractivity contribution < 1.29 is 4.55 Å². The molecule has 4 heteroatoms. The van der Waals surface area contributed by atoms with Gasteiger partial charge in [-0.05, 0) is 61.4 Å². The predicted octanol–water partition coefficient (Wildman–Crippen LogP) is 5.20. The third-order valence-corrected chi connectivity index (χ3v) is 6.67. The summed E-state index contributed by atoms with van der Waals surface area (Å²) in [7, 11) is 0. The highest BCUT2D eigenvalue weighted by molar-refractivity contribution is 7.91. The lowest BCUT2D eigenvalue weighted by Crippen LogP contribution is -2.06. The van der Waals surface area contributed by atoms with Gasteiger partial charge in [-0.3, -0.25) is 4.79 Å². The molecule has 0 fully saturated rings. The van der Waals surface area contributed by atoms with E-state index in [1.165, 1.54) is 0 Å². The molecule has 0 spiro atoms. The first kappa shape index (κ1) is 16.3. The van der Waals surface area contributed by atoms with Crippen LogP contribution in [0.15, 0.2) is 75.2 Å². The smallest absolute Gasteiger partial charge is 0.196 e. The summed E-state index contributed by atoms with van der Waals surface area (Å²) in [5.41, 5.74) is 2.17. The molecule has 4 aromatic rings. The van der Waals surface area contributed by atoms with E-state index in [0.717, 1.165) is 25.4 Å². The van der Waals surface area contributed by atoms with Crippen LogP contribution in [0.2, 0.25) is 0 Å². The van der Waals surface area contributed by atoms with Gasteiger partial charge in [-0.2, -0.15) is 0 Å². The molecule has 0 saturated heterocycles. The zero-order valence-electron chi connectivity index (χ0n) is 13.9. The number of aryl methyl sites for hydroxylation is 2. The average Bonchev–Trinajstić information content (AvgIpc) is 2.60. The fourth-order valence-electron chi connectivity index (χ4n) is 3.07. The van der Waals surface area contributed by atoms with E-state index in [1.54, 1.807) is 17.4 Å². The Morgan fingerprint density at radius 1 is 0.800 bits per heavy atom. The molecular weight excluding hydrogens is 348 g/mol. The van der Waals surface area contributed by atoms with Crippen LogP contribution in [0, 0.1) is 13.8 Å². The van der Waals surface area contributed by atoms with Gasteiger partial charge >= 0.3 is 0 Å². The fraction of sp³-hybridized carbons (Fsp3) is 0.0952. The predicted molar refractivity (Wildman–Crippen MR) is 106 cm³/mol. The zero-order valence-corrected chi connectivity index (χ0v) is 15.5. The summed E-state index contributed by atoms with van der Waals surface area (Å²) >= 11 is 0.288. The molecule has 25 heavy (non-hydrogen) atoms. The topological polar surface area (TPSA) is 40.1 Å². The first-order valence-corrected chi connectivity index (χ1v) is 9.95. The lowest BCUT2D eigenvalue weighted by atomic mass is 10.2. The van der Waals surface area contributed by atoms with Crippen molar-refractivity contribution in [2.75, 3.05) is 0 Å². The Morgan fingerprint density at radius 3 is 2.24 bits per heavy atom. The van der Waals surface area contributed by atoms with Crippen molar-refractivity contribution in [3.63, 3.8) is 0 Å². The SMILES string of the molecule is Cc1cc(C)cc([S+]([O-])c2ccc3sc4ccccc4c(=O)c3c2)c1. The highest BCUT2D eigenvalue weighted by Crippen LogP contribution is 2.29. The summed E-state index contributed by atoms with van der Waals surface area (Å²) < 4.78 is 14.9. The number of fused-ring (bicyclic) bond motifs is 2. The summed E-state index contributed by atoms with van der Waals surface area (Å²) in [5.74, 6) is 0. The van der Waals surface area contributed by atoms with Crippen LogP contribution in [0.4, 0.5) is 0 Å². The van der Waals surface area contributed by atoms with E-state index in [1.807, 2.05) is 62.4 Å². The van der Waals surface area contributed by atoms with Crippen LogP contribution in [-0.4, -0.2) is 4.55 Å². The van der Waals surface area contributed by atoms with Crippen LogP contribution in [0.25, 0.3) is 20.2 Å². The minimum atomic E-state index is -1.30. The first-order chi connectivity index (χ1) is 12.0. The molecule has 1 heterocycles. The van der Waals surface area contributed by atoms with Gasteiger partial charge in [-0.15, -0.1) is 11.3 Å². The Labute approximate surface area is 152 Å². The Bertz CT molecular complexity index is 1140. The van der Waals surface area contributed by atoms with E-state index in [0.29, 0.717) is 15.7 Å². The minimum absolute atomic E-state index is 0.00335.